The Morgan fingerprint density at radius 3 is 1.46 bits per heavy atom. The quantitative estimate of drug-likeness (QED) is 0.0272. The number of esters is 1. The number of hydrogen-bond donors (Lipinski definition) is 6. The summed E-state index contributed by atoms with van der Waals surface area (Å²) in [7, 11) is 0.833. The molecule has 0 radical (unpaired) electrons. The first-order chi connectivity index (χ1) is 42.9. The molecule has 1 aliphatic rings. The first kappa shape index (κ1) is 67.1. The molecule has 11 rings (SSSR count). The Morgan fingerprint density at radius 2 is 0.944 bits per heavy atom. The number of amides is 1. The fraction of sp³-hybridized carbons (Fsp3) is 0.164. The van der Waals surface area contributed by atoms with Crippen molar-refractivity contribution in [3.05, 3.63) is 241 Å². The number of carbonyl (C=O) groups excluding carboxylic acids is 2. The van der Waals surface area contributed by atoms with E-state index in [0.717, 1.165) is 33.7 Å². The number of ether oxygens (including phenoxy) is 1. The molecule has 17 nitrogen and oxygen atoms in total. The lowest BCUT2D eigenvalue weighted by molar-refractivity contribution is 0.00578. The first-order valence-corrected chi connectivity index (χ1v) is 29.8. The van der Waals surface area contributed by atoms with Crippen molar-refractivity contribution < 1.29 is 23.6 Å². The summed E-state index contributed by atoms with van der Waals surface area (Å²) in [6.45, 7) is 13.5. The van der Waals surface area contributed by atoms with Crippen LogP contribution in [0, 0.1) is 13.8 Å². The van der Waals surface area contributed by atoms with E-state index in [2.05, 4.69) is 77.0 Å². The van der Waals surface area contributed by atoms with Gasteiger partial charge in [0.15, 0.2) is 0 Å². The van der Waals surface area contributed by atoms with Crippen molar-refractivity contribution in [2.45, 2.75) is 65.8 Å². The summed E-state index contributed by atoms with van der Waals surface area (Å²) in [5.74, 6) is 0.486. The number of nitrogens with one attached hydrogen (secondary N) is 3. The summed E-state index contributed by atoms with van der Waals surface area (Å²) in [4.78, 5) is 49.9. The second kappa shape index (κ2) is 30.6. The van der Waals surface area contributed by atoms with Gasteiger partial charge in [0, 0.05) is 96.2 Å². The van der Waals surface area contributed by atoms with Crippen LogP contribution in [-0.2, 0) is 27.1 Å². The molecule has 0 aliphatic carbocycles. The maximum atomic E-state index is 13.0. The fourth-order valence-corrected chi connectivity index (χ4v) is 9.71. The van der Waals surface area contributed by atoms with Crippen molar-refractivity contribution in [2.75, 3.05) is 40.3 Å². The lowest BCUT2D eigenvalue weighted by atomic mass is 9.78. The summed E-state index contributed by atoms with van der Waals surface area (Å²) in [6.07, 6.45) is 4.37. The average Bonchev–Trinajstić information content (AvgIpc) is 2.17. The average molecular weight is 1310 g/mol. The van der Waals surface area contributed by atoms with Crippen LogP contribution < -0.4 is 38.6 Å². The fourth-order valence-electron chi connectivity index (χ4n) is 8.87. The van der Waals surface area contributed by atoms with E-state index in [1.165, 1.54) is 48.8 Å². The number of benzene rings is 7. The lowest BCUT2D eigenvalue weighted by Gasteiger charge is -2.32. The van der Waals surface area contributed by atoms with Gasteiger partial charge in [0.25, 0.3) is 5.91 Å². The monoisotopic (exact) mass is 1300 g/mol. The SMILES string of the molecule is CC1(C)OB(c2cc(Cl)ccc2N)OC1(C)C.COC(=O)c1cccc(C(=O)Nc2ccc(Cl)cc2-c2cc(NCc3cccc(C)c3)ncn2)c1.Cc1cccc(CNc2cc(-c3cc(Cl)ccc3N)ncn2)c1.Nc1ccc(Cl)cc1-c1cc(Cl)ncn1. The van der Waals surface area contributed by atoms with Gasteiger partial charge in [-0.05, 0) is 144 Å². The van der Waals surface area contributed by atoms with Crippen LogP contribution in [0.4, 0.5) is 34.4 Å². The molecule has 0 saturated carbocycles. The molecule has 3 aromatic heterocycles. The molecule has 7 aromatic carbocycles. The van der Waals surface area contributed by atoms with Crippen molar-refractivity contribution in [1.29, 1.82) is 0 Å². The maximum absolute atomic E-state index is 13.0. The number of carbonyl (C=O) groups is 2. The summed E-state index contributed by atoms with van der Waals surface area (Å²) in [6, 6.07) is 49.2. The van der Waals surface area contributed by atoms with Gasteiger partial charge in [0.05, 0.1) is 46.6 Å². The largest absolute Gasteiger partial charge is 0.497 e. The third-order valence-corrected chi connectivity index (χ3v) is 15.4. The molecule has 23 heteroatoms. The van der Waals surface area contributed by atoms with Gasteiger partial charge in [-0.25, -0.2) is 34.7 Å². The molecule has 4 heterocycles. The minimum absolute atomic E-state index is 0.289. The van der Waals surface area contributed by atoms with Crippen LogP contribution in [0.25, 0.3) is 33.8 Å². The molecule has 90 heavy (non-hydrogen) atoms. The molecule has 1 saturated heterocycles. The highest BCUT2D eigenvalue weighted by Gasteiger charge is 2.52. The highest BCUT2D eigenvalue weighted by Crippen LogP contribution is 2.38. The van der Waals surface area contributed by atoms with Gasteiger partial charge in [-0.1, -0.05) is 124 Å². The third kappa shape index (κ3) is 18.4. The van der Waals surface area contributed by atoms with Crippen molar-refractivity contribution >= 4 is 117 Å². The second-order valence-electron chi connectivity index (χ2n) is 21.5. The Balaban J connectivity index is 0.000000164. The van der Waals surface area contributed by atoms with Crippen molar-refractivity contribution in [3.63, 3.8) is 0 Å². The molecule has 460 valence electrons. The molecule has 0 unspecified atom stereocenters. The predicted molar refractivity (Wildman–Crippen MR) is 366 cm³/mol. The molecule has 1 amide bonds. The van der Waals surface area contributed by atoms with Crippen LogP contribution in [0.3, 0.4) is 0 Å². The standard InChI is InChI=1S/C27H23ClN4O3.C18H17ClN4.C12H17BClNO2.C10H7Cl2N3/c1-17-5-3-6-18(11-17)15-29-25-14-24(30-16-31-25)22-13-21(28)9-10-23(22)32-26(33)19-7-4-8-20(12-19)27(34)35-2;1-12-3-2-4-13(7-12)10-21-18-9-17(22-11-23-18)15-8-14(19)5-6-16(15)20;1-11(2)12(3,4)17-13(16-11)9-7-8(14)5-6-10(9)15;11-6-1-2-8(13)7(3-6)9-4-10(12)15-5-14-9/h3-14,16H,15H2,1-2H3,(H,32,33)(H,29,30,31);2-9,11H,10,20H2,1H3,(H,21,22,23);5-7H,15H2,1-4H3;1-5H,13H2. The van der Waals surface area contributed by atoms with E-state index in [9.17, 15) is 9.59 Å². The third-order valence-electron chi connectivity index (χ3n) is 14.3. The second-order valence-corrected chi connectivity index (χ2v) is 23.7. The zero-order valence-corrected chi connectivity index (χ0v) is 53.9. The van der Waals surface area contributed by atoms with Crippen LogP contribution >= 0.6 is 58.0 Å². The number of anilines is 6. The molecule has 1 aliphatic heterocycles. The minimum Gasteiger partial charge on any atom is -0.465 e. The molecule has 10 aromatic rings. The van der Waals surface area contributed by atoms with Crippen LogP contribution in [0.5, 0.6) is 0 Å². The van der Waals surface area contributed by atoms with Crippen LogP contribution in [-0.4, -0.2) is 67.2 Å². The van der Waals surface area contributed by atoms with E-state index >= 15 is 0 Å². The molecule has 1 fully saturated rings. The zero-order chi connectivity index (χ0) is 64.7. The number of rotatable bonds is 13. The van der Waals surface area contributed by atoms with E-state index < -0.39 is 13.1 Å². The maximum Gasteiger partial charge on any atom is 0.497 e. The number of hydrogen-bond acceptors (Lipinski definition) is 16. The smallest absolute Gasteiger partial charge is 0.465 e. The Kier molecular flexibility index (Phi) is 22.8. The number of aromatic nitrogens is 6. The Labute approximate surface area is 548 Å². The molecular weight excluding hydrogens is 1240 g/mol. The van der Waals surface area contributed by atoms with Crippen molar-refractivity contribution in [3.8, 4) is 33.8 Å². The highest BCUT2D eigenvalue weighted by atomic mass is 35.5. The molecule has 0 atom stereocenters. The Morgan fingerprint density at radius 1 is 0.500 bits per heavy atom. The van der Waals surface area contributed by atoms with Gasteiger partial charge in [-0.2, -0.15) is 0 Å². The van der Waals surface area contributed by atoms with E-state index in [1.54, 1.807) is 97.1 Å². The number of nitrogen functional groups attached to an aromatic ring is 3. The lowest BCUT2D eigenvalue weighted by Crippen LogP contribution is -2.41. The number of aryl methyl sites for hydroxylation is 2. The van der Waals surface area contributed by atoms with Gasteiger partial charge >= 0.3 is 13.1 Å². The van der Waals surface area contributed by atoms with Crippen molar-refractivity contribution in [2.24, 2.45) is 0 Å². The van der Waals surface area contributed by atoms with Crippen LogP contribution in [0.2, 0.25) is 25.2 Å². The summed E-state index contributed by atoms with van der Waals surface area (Å²) < 4.78 is 16.6. The summed E-state index contributed by atoms with van der Waals surface area (Å²) in [5, 5.41) is 12.2. The van der Waals surface area contributed by atoms with Crippen LogP contribution in [0.15, 0.2) is 183 Å². The van der Waals surface area contributed by atoms with Gasteiger partial charge in [-0.15, -0.1) is 0 Å². The van der Waals surface area contributed by atoms with E-state index in [1.807, 2.05) is 71.0 Å². The molecule has 9 N–H and O–H groups in total. The number of halogens is 5. The van der Waals surface area contributed by atoms with E-state index in [-0.39, 0.29) is 22.7 Å². The summed E-state index contributed by atoms with van der Waals surface area (Å²) >= 11 is 29.9. The van der Waals surface area contributed by atoms with Gasteiger partial charge in [0.2, 0.25) is 0 Å². The normalized spacial score (nSPS) is 12.6. The van der Waals surface area contributed by atoms with Gasteiger partial charge < -0.3 is 47.2 Å². The molecular formula is C67H64BCl5N12O5. The van der Waals surface area contributed by atoms with Crippen LogP contribution in [0.1, 0.15) is 70.7 Å². The number of methoxy groups -OCH3 is 1. The van der Waals surface area contributed by atoms with E-state index in [0.29, 0.717) is 89.4 Å². The molecule has 0 bridgehead atoms. The predicted octanol–water partition coefficient (Wildman–Crippen LogP) is 15.3. The Bertz CT molecular complexity index is 4170. The topological polar surface area (TPSA) is 253 Å². The molecule has 0 spiro atoms. The minimum atomic E-state index is -0.515. The van der Waals surface area contributed by atoms with Gasteiger partial charge in [-0.3, -0.25) is 4.79 Å². The van der Waals surface area contributed by atoms with E-state index in [4.69, 9.17) is 89.3 Å². The number of nitrogens with two attached hydrogens (primary N) is 3. The highest BCUT2D eigenvalue weighted by molar-refractivity contribution is 6.64. The zero-order valence-electron chi connectivity index (χ0n) is 50.2. The summed E-state index contributed by atoms with van der Waals surface area (Å²) in [5.41, 5.74) is 29.7. The van der Waals surface area contributed by atoms with Crippen molar-refractivity contribution in [1.82, 2.24) is 29.9 Å². The Hall–Kier alpha value is -8.85. The first-order valence-electron chi connectivity index (χ1n) is 28.0. The van der Waals surface area contributed by atoms with Gasteiger partial charge in [0.1, 0.15) is 35.8 Å². The number of nitrogens with zero attached hydrogens (tertiary/aromatic N) is 6.